The van der Waals surface area contributed by atoms with E-state index in [0.717, 1.165) is 21.7 Å². The van der Waals surface area contributed by atoms with Crippen LogP contribution in [-0.4, -0.2) is 25.3 Å². The van der Waals surface area contributed by atoms with E-state index >= 15 is 0 Å². The second kappa shape index (κ2) is 7.72. The predicted molar refractivity (Wildman–Crippen MR) is 112 cm³/mol. The molecule has 146 valence electrons. The molecule has 0 aromatic heterocycles. The summed E-state index contributed by atoms with van der Waals surface area (Å²) in [5.74, 6) is 0.742. The minimum absolute atomic E-state index is 0.214. The van der Waals surface area contributed by atoms with Gasteiger partial charge in [-0.2, -0.15) is 0 Å². The Hall–Kier alpha value is -3.73. The van der Waals surface area contributed by atoms with Crippen LogP contribution < -0.4 is 14.2 Å². The van der Waals surface area contributed by atoms with Crippen molar-refractivity contribution in [3.05, 3.63) is 77.9 Å². The molecular formula is C24H20O5. The van der Waals surface area contributed by atoms with Crippen LogP contribution in [0.3, 0.4) is 0 Å². The van der Waals surface area contributed by atoms with E-state index < -0.39 is 5.97 Å². The van der Waals surface area contributed by atoms with Gasteiger partial charge in [0.1, 0.15) is 12.4 Å². The summed E-state index contributed by atoms with van der Waals surface area (Å²) in [6.07, 6.45) is 0. The second-order valence-corrected chi connectivity index (χ2v) is 6.64. The lowest BCUT2D eigenvalue weighted by Gasteiger charge is -2.14. The molecule has 1 N–H and O–H groups in total. The molecule has 0 radical (unpaired) electrons. The Morgan fingerprint density at radius 3 is 2.17 bits per heavy atom. The maximum Gasteiger partial charge on any atom is 0.336 e. The fourth-order valence-corrected chi connectivity index (χ4v) is 3.46. The summed E-state index contributed by atoms with van der Waals surface area (Å²) in [6.45, 7) is 0.453. The zero-order chi connectivity index (χ0) is 20.4. The van der Waals surface area contributed by atoms with Crippen LogP contribution in [0.25, 0.3) is 21.5 Å². The standard InChI is InChI=1S/C24H20O5/c1-27-22-12-19-18-11-17(29-14-15-6-4-3-5-7-15)9-8-16(18)10-21(24(25)26)20(19)13-23(22)28-2/h3-13H,14H2,1-2H3,(H,25,26). The Labute approximate surface area is 168 Å². The van der Waals surface area contributed by atoms with Crippen LogP contribution in [0.15, 0.2) is 66.7 Å². The number of carbonyl (C=O) groups is 1. The van der Waals surface area contributed by atoms with E-state index in [0.29, 0.717) is 29.2 Å². The number of methoxy groups -OCH3 is 2. The third-order valence-electron chi connectivity index (χ3n) is 4.91. The minimum Gasteiger partial charge on any atom is -0.493 e. The zero-order valence-electron chi connectivity index (χ0n) is 16.1. The minimum atomic E-state index is -0.992. The van der Waals surface area contributed by atoms with Crippen molar-refractivity contribution in [2.24, 2.45) is 0 Å². The smallest absolute Gasteiger partial charge is 0.336 e. The molecule has 0 aliphatic heterocycles. The SMILES string of the molecule is COc1cc2c(C(=O)O)cc3ccc(OCc4ccccc4)cc3c2cc1OC. The third-order valence-corrected chi connectivity index (χ3v) is 4.91. The molecule has 0 unspecified atom stereocenters. The van der Waals surface area contributed by atoms with Gasteiger partial charge < -0.3 is 19.3 Å². The summed E-state index contributed by atoms with van der Waals surface area (Å²) < 4.78 is 16.7. The highest BCUT2D eigenvalue weighted by Crippen LogP contribution is 2.38. The highest BCUT2D eigenvalue weighted by Gasteiger charge is 2.16. The molecule has 0 fully saturated rings. The number of carboxylic acid groups (broad SMARTS) is 1. The van der Waals surface area contributed by atoms with Crippen molar-refractivity contribution in [1.29, 1.82) is 0 Å². The maximum absolute atomic E-state index is 11.8. The largest absolute Gasteiger partial charge is 0.493 e. The quantitative estimate of drug-likeness (QED) is 0.455. The number of fused-ring (bicyclic) bond motifs is 3. The topological polar surface area (TPSA) is 65.0 Å². The van der Waals surface area contributed by atoms with Crippen molar-refractivity contribution >= 4 is 27.5 Å². The van der Waals surface area contributed by atoms with E-state index in [4.69, 9.17) is 14.2 Å². The average Bonchev–Trinajstić information content (AvgIpc) is 2.76. The summed E-state index contributed by atoms with van der Waals surface area (Å²) in [7, 11) is 3.09. The van der Waals surface area contributed by atoms with Crippen LogP contribution in [-0.2, 0) is 6.61 Å². The zero-order valence-corrected chi connectivity index (χ0v) is 16.1. The van der Waals surface area contributed by atoms with Gasteiger partial charge >= 0.3 is 5.97 Å². The first-order valence-electron chi connectivity index (χ1n) is 9.13. The molecule has 0 saturated carbocycles. The van der Waals surface area contributed by atoms with Crippen molar-refractivity contribution < 1.29 is 24.1 Å². The maximum atomic E-state index is 11.8. The molecule has 0 saturated heterocycles. The Morgan fingerprint density at radius 2 is 1.52 bits per heavy atom. The van der Waals surface area contributed by atoms with Crippen LogP contribution in [0.5, 0.6) is 17.2 Å². The number of benzene rings is 4. The Balaban J connectivity index is 1.87. The van der Waals surface area contributed by atoms with E-state index in [2.05, 4.69) is 0 Å². The number of ether oxygens (including phenoxy) is 3. The third kappa shape index (κ3) is 3.55. The van der Waals surface area contributed by atoms with Gasteiger partial charge in [0.2, 0.25) is 0 Å². The predicted octanol–water partition coefficient (Wildman–Crippen LogP) is 5.29. The molecule has 0 spiro atoms. The molecule has 0 aliphatic rings. The van der Waals surface area contributed by atoms with Gasteiger partial charge in [-0.15, -0.1) is 0 Å². The van der Waals surface area contributed by atoms with Crippen molar-refractivity contribution in [3.63, 3.8) is 0 Å². The fourth-order valence-electron chi connectivity index (χ4n) is 3.46. The highest BCUT2D eigenvalue weighted by molar-refractivity contribution is 6.16. The molecule has 0 amide bonds. The van der Waals surface area contributed by atoms with Gasteiger partial charge in [-0.25, -0.2) is 4.79 Å². The van der Waals surface area contributed by atoms with Crippen molar-refractivity contribution in [2.45, 2.75) is 6.61 Å². The number of aromatic carboxylic acids is 1. The number of hydrogen-bond acceptors (Lipinski definition) is 4. The summed E-state index contributed by atoms with van der Waals surface area (Å²) in [4.78, 5) is 11.8. The molecule has 5 heteroatoms. The van der Waals surface area contributed by atoms with Crippen molar-refractivity contribution in [3.8, 4) is 17.2 Å². The van der Waals surface area contributed by atoms with Gasteiger partial charge in [0.25, 0.3) is 0 Å². The van der Waals surface area contributed by atoms with Gasteiger partial charge in [0.15, 0.2) is 11.5 Å². The monoisotopic (exact) mass is 388 g/mol. The van der Waals surface area contributed by atoms with E-state index in [1.54, 1.807) is 19.2 Å². The van der Waals surface area contributed by atoms with Crippen LogP contribution in [0.4, 0.5) is 0 Å². The van der Waals surface area contributed by atoms with Gasteiger partial charge in [-0.1, -0.05) is 36.4 Å². The number of carboxylic acids is 1. The summed E-state index contributed by atoms with van der Waals surface area (Å²) in [6, 6.07) is 20.8. The molecule has 0 aliphatic carbocycles. The van der Waals surface area contributed by atoms with Gasteiger partial charge in [0.05, 0.1) is 19.8 Å². The van der Waals surface area contributed by atoms with E-state index in [1.807, 2.05) is 54.6 Å². The Kier molecular flexibility index (Phi) is 4.96. The van der Waals surface area contributed by atoms with Crippen LogP contribution in [0.1, 0.15) is 15.9 Å². The normalized spacial score (nSPS) is 10.8. The molecule has 0 bridgehead atoms. The fraction of sp³-hybridized carbons (Fsp3) is 0.125. The van der Waals surface area contributed by atoms with Crippen LogP contribution in [0, 0.1) is 0 Å². The average molecular weight is 388 g/mol. The Morgan fingerprint density at radius 1 is 0.828 bits per heavy atom. The number of hydrogen-bond donors (Lipinski definition) is 1. The van der Waals surface area contributed by atoms with Gasteiger partial charge in [0, 0.05) is 5.39 Å². The summed E-state index contributed by atoms with van der Waals surface area (Å²) in [5.41, 5.74) is 1.29. The lowest BCUT2D eigenvalue weighted by atomic mass is 9.96. The van der Waals surface area contributed by atoms with Crippen LogP contribution in [0.2, 0.25) is 0 Å². The van der Waals surface area contributed by atoms with Gasteiger partial charge in [-0.05, 0) is 52.1 Å². The molecule has 5 nitrogen and oxygen atoms in total. The van der Waals surface area contributed by atoms with Crippen LogP contribution >= 0.6 is 0 Å². The van der Waals surface area contributed by atoms with Crippen molar-refractivity contribution in [2.75, 3.05) is 14.2 Å². The van der Waals surface area contributed by atoms with E-state index in [-0.39, 0.29) is 5.56 Å². The van der Waals surface area contributed by atoms with Gasteiger partial charge in [-0.3, -0.25) is 0 Å². The highest BCUT2D eigenvalue weighted by atomic mass is 16.5. The first-order chi connectivity index (χ1) is 14.1. The molecule has 29 heavy (non-hydrogen) atoms. The van der Waals surface area contributed by atoms with E-state index in [1.165, 1.54) is 7.11 Å². The van der Waals surface area contributed by atoms with Crippen molar-refractivity contribution in [1.82, 2.24) is 0 Å². The summed E-state index contributed by atoms with van der Waals surface area (Å²) >= 11 is 0. The summed E-state index contributed by atoms with van der Waals surface area (Å²) in [5, 5.41) is 12.8. The molecule has 0 heterocycles. The number of rotatable bonds is 6. The second-order valence-electron chi connectivity index (χ2n) is 6.64. The molecule has 4 aromatic carbocycles. The molecular weight excluding hydrogens is 368 g/mol. The molecule has 4 aromatic rings. The molecule has 4 rings (SSSR count). The van der Waals surface area contributed by atoms with E-state index in [9.17, 15) is 9.90 Å². The lowest BCUT2D eigenvalue weighted by Crippen LogP contribution is -2.00. The first kappa shape index (κ1) is 18.6. The lowest BCUT2D eigenvalue weighted by molar-refractivity contribution is 0.0699. The Bertz CT molecular complexity index is 1200. The molecule has 0 atom stereocenters. The first-order valence-corrected chi connectivity index (χ1v) is 9.13.